The predicted octanol–water partition coefficient (Wildman–Crippen LogP) is 2.67. The zero-order valence-corrected chi connectivity index (χ0v) is 10.1. The number of rotatable bonds is 2. The van der Waals surface area contributed by atoms with Gasteiger partial charge >= 0.3 is 0 Å². The van der Waals surface area contributed by atoms with Crippen LogP contribution in [0.25, 0.3) is 0 Å². The smallest absolute Gasteiger partial charge is 0.276 e. The van der Waals surface area contributed by atoms with Crippen molar-refractivity contribution in [2.24, 2.45) is 4.99 Å². The number of carbonyl (C=O) groups is 1. The Hall–Kier alpha value is -2.62. The van der Waals surface area contributed by atoms with Crippen LogP contribution in [0.15, 0.2) is 53.5 Å². The Morgan fingerprint density at radius 2 is 1.84 bits per heavy atom. The minimum absolute atomic E-state index is 0.235. The lowest BCUT2D eigenvalue weighted by Crippen LogP contribution is -1.95. The maximum absolute atomic E-state index is 11.8. The van der Waals surface area contributed by atoms with Gasteiger partial charge in [0, 0.05) is 11.8 Å². The molecule has 3 rings (SSSR count). The second-order valence-electron chi connectivity index (χ2n) is 4.04. The maximum Gasteiger partial charge on any atom is 0.276 e. The SMILES string of the molecule is O=C(N=Cc1ccc2c(c1)OCO2)c1ccccc1. The molecule has 1 amide bonds. The number of hydrogen-bond donors (Lipinski definition) is 0. The van der Waals surface area contributed by atoms with Gasteiger partial charge in [-0.2, -0.15) is 0 Å². The van der Waals surface area contributed by atoms with Gasteiger partial charge in [-0.3, -0.25) is 4.79 Å². The maximum atomic E-state index is 11.8. The molecular formula is C15H11NO3. The largest absolute Gasteiger partial charge is 0.454 e. The van der Waals surface area contributed by atoms with E-state index >= 15 is 0 Å². The summed E-state index contributed by atoms with van der Waals surface area (Å²) in [5, 5.41) is 0. The lowest BCUT2D eigenvalue weighted by molar-refractivity contribution is 0.100. The molecule has 0 saturated heterocycles. The van der Waals surface area contributed by atoms with Gasteiger partial charge < -0.3 is 9.47 Å². The van der Waals surface area contributed by atoms with Crippen molar-refractivity contribution >= 4 is 12.1 Å². The topological polar surface area (TPSA) is 47.9 Å². The zero-order valence-electron chi connectivity index (χ0n) is 10.1. The Balaban J connectivity index is 1.78. The van der Waals surface area contributed by atoms with Gasteiger partial charge in [-0.1, -0.05) is 18.2 Å². The van der Waals surface area contributed by atoms with E-state index in [0.717, 1.165) is 5.56 Å². The third kappa shape index (κ3) is 2.47. The summed E-state index contributed by atoms with van der Waals surface area (Å²) in [7, 11) is 0. The molecule has 2 aromatic carbocycles. The summed E-state index contributed by atoms with van der Waals surface area (Å²) >= 11 is 0. The van der Waals surface area contributed by atoms with Crippen LogP contribution >= 0.6 is 0 Å². The highest BCUT2D eigenvalue weighted by Crippen LogP contribution is 2.31. The average molecular weight is 253 g/mol. The molecule has 19 heavy (non-hydrogen) atoms. The van der Waals surface area contributed by atoms with Crippen LogP contribution in [-0.2, 0) is 0 Å². The molecule has 0 fully saturated rings. The summed E-state index contributed by atoms with van der Waals surface area (Å²) in [6.07, 6.45) is 1.53. The van der Waals surface area contributed by atoms with Gasteiger partial charge in [0.25, 0.3) is 5.91 Å². The lowest BCUT2D eigenvalue weighted by Gasteiger charge is -1.97. The molecule has 0 aromatic heterocycles. The summed E-state index contributed by atoms with van der Waals surface area (Å²) in [6.45, 7) is 0.235. The standard InChI is InChI=1S/C15H11NO3/c17-15(12-4-2-1-3-5-12)16-9-11-6-7-13-14(8-11)19-10-18-13/h1-9H,10H2. The van der Waals surface area contributed by atoms with Crippen molar-refractivity contribution in [1.29, 1.82) is 0 Å². The number of carbonyl (C=O) groups excluding carboxylic acids is 1. The highest BCUT2D eigenvalue weighted by atomic mass is 16.7. The van der Waals surface area contributed by atoms with Gasteiger partial charge in [0.05, 0.1) is 0 Å². The van der Waals surface area contributed by atoms with Crippen molar-refractivity contribution in [3.05, 3.63) is 59.7 Å². The molecule has 0 radical (unpaired) electrons. The Morgan fingerprint density at radius 3 is 2.68 bits per heavy atom. The van der Waals surface area contributed by atoms with Crippen LogP contribution in [0.3, 0.4) is 0 Å². The monoisotopic (exact) mass is 253 g/mol. The molecule has 94 valence electrons. The molecular weight excluding hydrogens is 242 g/mol. The lowest BCUT2D eigenvalue weighted by atomic mass is 10.2. The summed E-state index contributed by atoms with van der Waals surface area (Å²) in [4.78, 5) is 15.7. The average Bonchev–Trinajstić information content (AvgIpc) is 2.93. The fourth-order valence-electron chi connectivity index (χ4n) is 1.78. The van der Waals surface area contributed by atoms with Gasteiger partial charge in [-0.05, 0) is 35.9 Å². The third-order valence-corrected chi connectivity index (χ3v) is 2.75. The zero-order chi connectivity index (χ0) is 13.1. The van der Waals surface area contributed by atoms with Crippen LogP contribution in [0.1, 0.15) is 15.9 Å². The minimum atomic E-state index is -0.265. The Bertz CT molecular complexity index is 635. The molecule has 4 heteroatoms. The van der Waals surface area contributed by atoms with Crippen LogP contribution in [0.5, 0.6) is 11.5 Å². The van der Waals surface area contributed by atoms with Crippen LogP contribution in [0.2, 0.25) is 0 Å². The van der Waals surface area contributed by atoms with Crippen LogP contribution < -0.4 is 9.47 Å². The van der Waals surface area contributed by atoms with Crippen molar-refractivity contribution in [3.63, 3.8) is 0 Å². The third-order valence-electron chi connectivity index (χ3n) is 2.75. The fourth-order valence-corrected chi connectivity index (χ4v) is 1.78. The normalized spacial score (nSPS) is 12.8. The van der Waals surface area contributed by atoms with E-state index in [1.807, 2.05) is 24.3 Å². The quantitative estimate of drug-likeness (QED) is 0.773. The van der Waals surface area contributed by atoms with E-state index < -0.39 is 0 Å². The molecule has 0 aliphatic carbocycles. The summed E-state index contributed by atoms with van der Waals surface area (Å²) < 4.78 is 10.5. The summed E-state index contributed by atoms with van der Waals surface area (Å²) in [5.41, 5.74) is 1.37. The number of fused-ring (bicyclic) bond motifs is 1. The fraction of sp³-hybridized carbons (Fsp3) is 0.0667. The first-order chi connectivity index (χ1) is 9.33. The van der Waals surface area contributed by atoms with Crippen molar-refractivity contribution in [1.82, 2.24) is 0 Å². The van der Waals surface area contributed by atoms with Crippen LogP contribution in [0, 0.1) is 0 Å². The van der Waals surface area contributed by atoms with E-state index in [9.17, 15) is 4.79 Å². The second kappa shape index (κ2) is 4.94. The first kappa shape index (κ1) is 11.5. The molecule has 2 aromatic rings. The van der Waals surface area contributed by atoms with Gasteiger partial charge in [0.15, 0.2) is 11.5 Å². The highest BCUT2D eigenvalue weighted by Gasteiger charge is 2.12. The number of amides is 1. The number of ether oxygens (including phenoxy) is 2. The Morgan fingerprint density at radius 1 is 1.05 bits per heavy atom. The van der Waals surface area contributed by atoms with Gasteiger partial charge in [0.2, 0.25) is 6.79 Å². The summed E-state index contributed by atoms with van der Waals surface area (Å²) in [6, 6.07) is 14.4. The molecule has 0 unspecified atom stereocenters. The predicted molar refractivity (Wildman–Crippen MR) is 70.9 cm³/mol. The van der Waals surface area contributed by atoms with E-state index in [2.05, 4.69) is 4.99 Å². The molecule has 4 nitrogen and oxygen atoms in total. The van der Waals surface area contributed by atoms with Gasteiger partial charge in [-0.15, -0.1) is 0 Å². The van der Waals surface area contributed by atoms with Crippen molar-refractivity contribution in [2.75, 3.05) is 6.79 Å². The van der Waals surface area contributed by atoms with Crippen LogP contribution in [0.4, 0.5) is 0 Å². The first-order valence-electron chi connectivity index (χ1n) is 5.86. The molecule has 0 N–H and O–H groups in total. The van der Waals surface area contributed by atoms with E-state index in [1.54, 1.807) is 24.3 Å². The van der Waals surface area contributed by atoms with E-state index in [0.29, 0.717) is 17.1 Å². The van der Waals surface area contributed by atoms with Gasteiger partial charge in [0.1, 0.15) is 0 Å². The van der Waals surface area contributed by atoms with Crippen molar-refractivity contribution in [3.8, 4) is 11.5 Å². The van der Waals surface area contributed by atoms with E-state index in [1.165, 1.54) is 6.21 Å². The number of nitrogens with zero attached hydrogens (tertiary/aromatic N) is 1. The molecule has 1 aliphatic rings. The number of hydrogen-bond acceptors (Lipinski definition) is 3. The minimum Gasteiger partial charge on any atom is -0.454 e. The summed E-state index contributed by atoms with van der Waals surface area (Å²) in [5.74, 6) is 1.13. The number of aliphatic imine (C=N–C) groups is 1. The van der Waals surface area contributed by atoms with Gasteiger partial charge in [-0.25, -0.2) is 4.99 Å². The molecule has 0 spiro atoms. The molecule has 0 bridgehead atoms. The van der Waals surface area contributed by atoms with Crippen molar-refractivity contribution in [2.45, 2.75) is 0 Å². The first-order valence-corrected chi connectivity index (χ1v) is 5.86. The molecule has 1 aliphatic heterocycles. The van der Waals surface area contributed by atoms with Crippen molar-refractivity contribution < 1.29 is 14.3 Å². The van der Waals surface area contributed by atoms with E-state index in [4.69, 9.17) is 9.47 Å². The second-order valence-corrected chi connectivity index (χ2v) is 4.04. The van der Waals surface area contributed by atoms with E-state index in [-0.39, 0.29) is 12.7 Å². The number of benzene rings is 2. The molecule has 0 saturated carbocycles. The Labute approximate surface area is 110 Å². The molecule has 1 heterocycles. The van der Waals surface area contributed by atoms with Crippen LogP contribution in [-0.4, -0.2) is 18.9 Å². The molecule has 0 atom stereocenters. The highest BCUT2D eigenvalue weighted by molar-refractivity contribution is 6.01. The Kier molecular flexibility index (Phi) is 2.98.